The number of benzene rings is 2. The molecule has 1 aliphatic rings. The van der Waals surface area contributed by atoms with E-state index >= 15 is 0 Å². The molecule has 0 aliphatic carbocycles. The number of halogens is 1. The molecule has 1 heterocycles. The van der Waals surface area contributed by atoms with E-state index in [4.69, 9.17) is 0 Å². The van der Waals surface area contributed by atoms with Crippen LogP contribution in [-0.4, -0.2) is 49.6 Å². The zero-order valence-corrected chi connectivity index (χ0v) is 18.9. The Morgan fingerprint density at radius 2 is 1.67 bits per heavy atom. The van der Waals surface area contributed by atoms with E-state index in [0.29, 0.717) is 32.6 Å². The van der Waals surface area contributed by atoms with Crippen LogP contribution in [-0.2, 0) is 16.6 Å². The maximum Gasteiger partial charge on any atom is 0.243 e. The molecule has 2 aromatic rings. The van der Waals surface area contributed by atoms with E-state index in [1.54, 1.807) is 6.92 Å². The molecule has 0 atom stereocenters. The Morgan fingerprint density at radius 3 is 2.30 bits per heavy atom. The van der Waals surface area contributed by atoms with Gasteiger partial charge in [0.15, 0.2) is 5.78 Å². The van der Waals surface area contributed by atoms with Gasteiger partial charge in [0.2, 0.25) is 10.0 Å². The van der Waals surface area contributed by atoms with E-state index in [-0.39, 0.29) is 10.7 Å². The summed E-state index contributed by atoms with van der Waals surface area (Å²) in [5, 5.41) is 0. The Kier molecular flexibility index (Phi) is 6.75. The van der Waals surface area contributed by atoms with Crippen molar-refractivity contribution in [2.24, 2.45) is 0 Å². The number of Topliss-reactive ketones (excluding diaryl/α,β-unsaturated/α-hetero) is 1. The minimum Gasteiger partial charge on any atom is -0.298 e. The highest BCUT2D eigenvalue weighted by Gasteiger charge is 2.27. The molecule has 0 unspecified atom stereocenters. The molecule has 0 radical (unpaired) electrons. The van der Waals surface area contributed by atoms with Crippen molar-refractivity contribution >= 4 is 15.8 Å². The summed E-state index contributed by atoms with van der Waals surface area (Å²) in [5.41, 5.74) is 5.08. The van der Waals surface area contributed by atoms with Crippen molar-refractivity contribution in [1.29, 1.82) is 0 Å². The minimum atomic E-state index is -3.64. The van der Waals surface area contributed by atoms with Gasteiger partial charge < -0.3 is 0 Å². The standard InChI is InChI=1S/C23H29FN2O3S/c1-16-14-17(2)23(19(4)27)18(3)22(16)15-25-10-5-11-26(13-12-25)30(28,29)21-8-6-20(24)7-9-21/h6-9,14H,5,10-13,15H2,1-4H3. The first-order chi connectivity index (χ1) is 14.1. The maximum absolute atomic E-state index is 13.2. The molecule has 162 valence electrons. The quantitative estimate of drug-likeness (QED) is 0.674. The molecule has 7 heteroatoms. The number of ketones is 1. The molecule has 0 amide bonds. The molecule has 30 heavy (non-hydrogen) atoms. The van der Waals surface area contributed by atoms with Crippen molar-refractivity contribution in [3.05, 3.63) is 64.0 Å². The van der Waals surface area contributed by atoms with E-state index in [0.717, 1.165) is 34.4 Å². The third kappa shape index (κ3) is 4.63. The van der Waals surface area contributed by atoms with Gasteiger partial charge in [0.05, 0.1) is 4.90 Å². The smallest absolute Gasteiger partial charge is 0.243 e. The average molecular weight is 433 g/mol. The monoisotopic (exact) mass is 432 g/mol. The number of carbonyl (C=O) groups excluding carboxylic acids is 1. The van der Waals surface area contributed by atoms with Crippen LogP contribution in [0.2, 0.25) is 0 Å². The lowest BCUT2D eigenvalue weighted by molar-refractivity contribution is 0.101. The summed E-state index contributed by atoms with van der Waals surface area (Å²) in [7, 11) is -3.64. The lowest BCUT2D eigenvalue weighted by Gasteiger charge is -2.24. The average Bonchev–Trinajstić information content (AvgIpc) is 2.91. The van der Waals surface area contributed by atoms with Crippen molar-refractivity contribution in [3.8, 4) is 0 Å². The fourth-order valence-electron chi connectivity index (χ4n) is 4.34. The first-order valence-corrected chi connectivity index (χ1v) is 11.6. The molecule has 1 aliphatic heterocycles. The van der Waals surface area contributed by atoms with Crippen molar-refractivity contribution in [3.63, 3.8) is 0 Å². The number of aryl methyl sites for hydroxylation is 2. The Morgan fingerprint density at radius 1 is 1.00 bits per heavy atom. The van der Waals surface area contributed by atoms with Crippen molar-refractivity contribution in [2.45, 2.75) is 45.6 Å². The number of hydrogen-bond donors (Lipinski definition) is 0. The van der Waals surface area contributed by atoms with Crippen LogP contribution in [0, 0.1) is 26.6 Å². The maximum atomic E-state index is 13.2. The van der Waals surface area contributed by atoms with Gasteiger partial charge in [0, 0.05) is 31.7 Å². The Bertz CT molecular complexity index is 1050. The second-order valence-corrected chi connectivity index (χ2v) is 9.97. The lowest BCUT2D eigenvalue weighted by atomic mass is 9.91. The molecule has 1 saturated heterocycles. The predicted molar refractivity (Wildman–Crippen MR) is 116 cm³/mol. The van der Waals surface area contributed by atoms with E-state index < -0.39 is 15.8 Å². The van der Waals surface area contributed by atoms with Crippen LogP contribution in [0.25, 0.3) is 0 Å². The topological polar surface area (TPSA) is 57.7 Å². The summed E-state index contributed by atoms with van der Waals surface area (Å²) in [6, 6.07) is 7.03. The van der Waals surface area contributed by atoms with Gasteiger partial charge in [-0.05, 0) is 87.2 Å². The molecule has 0 bridgehead atoms. The molecule has 0 saturated carbocycles. The van der Waals surface area contributed by atoms with Crippen molar-refractivity contribution in [2.75, 3.05) is 26.2 Å². The van der Waals surface area contributed by atoms with Crippen LogP contribution in [0.4, 0.5) is 4.39 Å². The van der Waals surface area contributed by atoms with Gasteiger partial charge in [0.25, 0.3) is 0 Å². The van der Waals surface area contributed by atoms with Crippen LogP contribution in [0.3, 0.4) is 0 Å². The largest absolute Gasteiger partial charge is 0.298 e. The van der Waals surface area contributed by atoms with Crippen LogP contribution in [0.15, 0.2) is 35.2 Å². The lowest BCUT2D eigenvalue weighted by Crippen LogP contribution is -2.35. The molecule has 0 aromatic heterocycles. The summed E-state index contributed by atoms with van der Waals surface area (Å²) < 4.78 is 40.5. The fraction of sp³-hybridized carbons (Fsp3) is 0.435. The highest BCUT2D eigenvalue weighted by Crippen LogP contribution is 2.25. The minimum absolute atomic E-state index is 0.0682. The number of nitrogens with zero attached hydrogens (tertiary/aromatic N) is 2. The SMILES string of the molecule is CC(=O)c1c(C)cc(C)c(CN2CCCN(S(=O)(=O)c3ccc(F)cc3)CC2)c1C. The number of sulfonamides is 1. The van der Waals surface area contributed by atoms with Crippen molar-refractivity contribution < 1.29 is 17.6 Å². The Labute approximate surface area is 178 Å². The predicted octanol–water partition coefficient (Wildman–Crippen LogP) is 3.85. The zero-order valence-electron chi connectivity index (χ0n) is 18.0. The fourth-order valence-corrected chi connectivity index (χ4v) is 5.81. The van der Waals surface area contributed by atoms with Gasteiger partial charge in [-0.2, -0.15) is 4.31 Å². The van der Waals surface area contributed by atoms with Gasteiger partial charge in [-0.3, -0.25) is 9.69 Å². The summed E-state index contributed by atoms with van der Waals surface area (Å²) in [5.74, 6) is -0.386. The normalized spacial score (nSPS) is 16.4. The van der Waals surface area contributed by atoms with Crippen LogP contribution in [0.1, 0.15) is 46.0 Å². The number of carbonyl (C=O) groups is 1. The van der Waals surface area contributed by atoms with Gasteiger partial charge in [-0.15, -0.1) is 0 Å². The van der Waals surface area contributed by atoms with Crippen molar-refractivity contribution in [1.82, 2.24) is 9.21 Å². The third-order valence-corrected chi connectivity index (χ3v) is 7.78. The van der Waals surface area contributed by atoms with E-state index in [1.165, 1.54) is 28.6 Å². The van der Waals surface area contributed by atoms with Gasteiger partial charge in [-0.25, -0.2) is 12.8 Å². The molecule has 0 N–H and O–H groups in total. The molecular weight excluding hydrogens is 403 g/mol. The Balaban J connectivity index is 1.77. The molecule has 1 fully saturated rings. The third-order valence-electron chi connectivity index (χ3n) is 5.86. The second-order valence-electron chi connectivity index (χ2n) is 8.03. The van der Waals surface area contributed by atoms with Crippen LogP contribution >= 0.6 is 0 Å². The van der Waals surface area contributed by atoms with E-state index in [2.05, 4.69) is 17.9 Å². The van der Waals surface area contributed by atoms with Gasteiger partial charge in [-0.1, -0.05) is 6.07 Å². The molecule has 3 rings (SSSR count). The summed E-state index contributed by atoms with van der Waals surface area (Å²) in [6.07, 6.45) is 0.712. The molecule has 5 nitrogen and oxygen atoms in total. The first-order valence-electron chi connectivity index (χ1n) is 10.2. The second kappa shape index (κ2) is 8.96. The Hall–Kier alpha value is -2.09. The van der Waals surface area contributed by atoms with E-state index in [9.17, 15) is 17.6 Å². The van der Waals surface area contributed by atoms with Crippen LogP contribution < -0.4 is 0 Å². The summed E-state index contributed by atoms with van der Waals surface area (Å²) in [6.45, 7) is 10.5. The number of rotatable bonds is 5. The molecule has 2 aromatic carbocycles. The molecular formula is C23H29FN2O3S. The van der Waals surface area contributed by atoms with Gasteiger partial charge in [0.1, 0.15) is 5.82 Å². The first kappa shape index (κ1) is 22.6. The number of hydrogen-bond acceptors (Lipinski definition) is 4. The summed E-state index contributed by atoms with van der Waals surface area (Å²) in [4.78, 5) is 14.5. The zero-order chi connectivity index (χ0) is 22.1. The van der Waals surface area contributed by atoms with Gasteiger partial charge >= 0.3 is 0 Å². The molecule has 0 spiro atoms. The highest BCUT2D eigenvalue weighted by molar-refractivity contribution is 7.89. The van der Waals surface area contributed by atoms with E-state index in [1.807, 2.05) is 13.8 Å². The van der Waals surface area contributed by atoms with Crippen LogP contribution in [0.5, 0.6) is 0 Å². The highest BCUT2D eigenvalue weighted by atomic mass is 32.2. The summed E-state index contributed by atoms with van der Waals surface area (Å²) >= 11 is 0.